The van der Waals surface area contributed by atoms with Crippen molar-refractivity contribution in [2.24, 2.45) is 0 Å². The van der Waals surface area contributed by atoms with E-state index in [4.69, 9.17) is 0 Å². The molecular weight excluding hydrogens is 338 g/mol. The normalized spacial score (nSPS) is 10.8. The Morgan fingerprint density at radius 1 is 1.40 bits per heavy atom. The Bertz CT molecular complexity index is 596. The van der Waals surface area contributed by atoms with E-state index in [9.17, 15) is 9.90 Å². The molecule has 1 heterocycles. The van der Waals surface area contributed by atoms with Crippen molar-refractivity contribution in [3.05, 3.63) is 50.6 Å². The molecule has 0 saturated heterocycles. The van der Waals surface area contributed by atoms with E-state index in [1.54, 1.807) is 23.5 Å². The van der Waals surface area contributed by atoms with Crippen LogP contribution in [0, 0.1) is 0 Å². The topological polar surface area (TPSA) is 40.5 Å². The van der Waals surface area contributed by atoms with Gasteiger partial charge in [-0.05, 0) is 43.5 Å². The first kappa shape index (κ1) is 15.1. The van der Waals surface area contributed by atoms with E-state index in [-0.39, 0.29) is 6.04 Å². The number of thiophene rings is 1. The van der Waals surface area contributed by atoms with Gasteiger partial charge in [0.15, 0.2) is 0 Å². The van der Waals surface area contributed by atoms with Gasteiger partial charge in [0.2, 0.25) is 0 Å². The Morgan fingerprint density at radius 3 is 2.70 bits per heavy atom. The van der Waals surface area contributed by atoms with Gasteiger partial charge in [0.25, 0.3) is 0 Å². The number of hydrogen-bond acceptors (Lipinski definition) is 3. The van der Waals surface area contributed by atoms with Gasteiger partial charge in [-0.15, -0.1) is 11.3 Å². The number of halogens is 1. The summed E-state index contributed by atoms with van der Waals surface area (Å²) in [5.41, 5.74) is 1.08. The van der Waals surface area contributed by atoms with Crippen LogP contribution < -0.4 is 4.90 Å². The van der Waals surface area contributed by atoms with Gasteiger partial charge >= 0.3 is 5.97 Å². The average molecular weight is 354 g/mol. The summed E-state index contributed by atoms with van der Waals surface area (Å²) in [4.78, 5) is 14.8. The van der Waals surface area contributed by atoms with E-state index >= 15 is 0 Å². The van der Waals surface area contributed by atoms with Gasteiger partial charge in [0.1, 0.15) is 0 Å². The molecule has 1 aromatic carbocycles. The monoisotopic (exact) mass is 353 g/mol. The highest BCUT2D eigenvalue weighted by atomic mass is 79.9. The van der Waals surface area contributed by atoms with Gasteiger partial charge in [-0.1, -0.05) is 22.0 Å². The molecule has 2 rings (SSSR count). The molecular formula is C15H16BrNO2S. The van der Waals surface area contributed by atoms with Crippen LogP contribution in [-0.4, -0.2) is 17.1 Å². The van der Waals surface area contributed by atoms with Crippen LogP contribution in [0.4, 0.5) is 5.69 Å². The third kappa shape index (κ3) is 3.41. The van der Waals surface area contributed by atoms with Gasteiger partial charge in [0.05, 0.1) is 17.8 Å². The van der Waals surface area contributed by atoms with E-state index in [1.807, 2.05) is 17.5 Å². The lowest BCUT2D eigenvalue weighted by Gasteiger charge is -2.30. The van der Waals surface area contributed by atoms with Gasteiger partial charge < -0.3 is 10.0 Å². The zero-order valence-corrected chi connectivity index (χ0v) is 13.7. The molecule has 3 nitrogen and oxygen atoms in total. The zero-order chi connectivity index (χ0) is 14.7. The second-order valence-corrected chi connectivity index (χ2v) is 6.72. The summed E-state index contributed by atoms with van der Waals surface area (Å²) in [7, 11) is 0. The lowest BCUT2D eigenvalue weighted by atomic mass is 10.1. The number of carboxylic acids is 1. The fraction of sp³-hybridized carbons (Fsp3) is 0.267. The van der Waals surface area contributed by atoms with Crippen LogP contribution >= 0.6 is 27.3 Å². The summed E-state index contributed by atoms with van der Waals surface area (Å²) in [5.74, 6) is -0.899. The van der Waals surface area contributed by atoms with E-state index in [2.05, 4.69) is 40.7 Å². The van der Waals surface area contributed by atoms with Crippen molar-refractivity contribution in [2.45, 2.75) is 26.4 Å². The molecule has 0 unspecified atom stereocenters. The SMILES string of the molecule is CC(C)N(Cc1cccs1)c1cc(Br)ccc1C(=O)O. The van der Waals surface area contributed by atoms with Gasteiger partial charge in [-0.3, -0.25) is 0 Å². The quantitative estimate of drug-likeness (QED) is 0.852. The Morgan fingerprint density at radius 2 is 2.15 bits per heavy atom. The smallest absolute Gasteiger partial charge is 0.337 e. The molecule has 1 N–H and O–H groups in total. The fourth-order valence-electron chi connectivity index (χ4n) is 2.04. The highest BCUT2D eigenvalue weighted by molar-refractivity contribution is 9.10. The van der Waals surface area contributed by atoms with E-state index in [0.29, 0.717) is 12.1 Å². The molecule has 106 valence electrons. The number of hydrogen-bond donors (Lipinski definition) is 1. The third-order valence-electron chi connectivity index (χ3n) is 3.03. The minimum absolute atomic E-state index is 0.213. The number of rotatable bonds is 5. The Labute approximate surface area is 131 Å². The van der Waals surface area contributed by atoms with Crippen LogP contribution in [-0.2, 0) is 6.54 Å². The first-order chi connectivity index (χ1) is 9.49. The maximum atomic E-state index is 11.4. The molecule has 0 amide bonds. The second-order valence-electron chi connectivity index (χ2n) is 4.77. The van der Waals surface area contributed by atoms with Crippen LogP contribution in [0.25, 0.3) is 0 Å². The molecule has 2 aromatic rings. The van der Waals surface area contributed by atoms with Crippen LogP contribution in [0.3, 0.4) is 0 Å². The van der Waals surface area contributed by atoms with Gasteiger partial charge in [-0.25, -0.2) is 4.79 Å². The summed E-state index contributed by atoms with van der Waals surface area (Å²) >= 11 is 5.10. The van der Waals surface area contributed by atoms with Crippen molar-refractivity contribution in [1.29, 1.82) is 0 Å². The van der Waals surface area contributed by atoms with Crippen LogP contribution in [0.15, 0.2) is 40.2 Å². The van der Waals surface area contributed by atoms with E-state index < -0.39 is 5.97 Å². The molecule has 0 fully saturated rings. The molecule has 0 spiro atoms. The molecule has 0 aliphatic heterocycles. The summed E-state index contributed by atoms with van der Waals surface area (Å²) in [6, 6.07) is 9.57. The minimum Gasteiger partial charge on any atom is -0.478 e. The number of carbonyl (C=O) groups is 1. The largest absolute Gasteiger partial charge is 0.478 e. The molecule has 0 aliphatic rings. The molecule has 20 heavy (non-hydrogen) atoms. The van der Waals surface area contributed by atoms with Crippen LogP contribution in [0.2, 0.25) is 0 Å². The molecule has 0 atom stereocenters. The van der Waals surface area contributed by atoms with Gasteiger partial charge in [0, 0.05) is 15.4 Å². The Hall–Kier alpha value is -1.33. The summed E-state index contributed by atoms with van der Waals surface area (Å²) < 4.78 is 0.884. The summed E-state index contributed by atoms with van der Waals surface area (Å²) in [6.07, 6.45) is 0. The number of nitrogens with zero attached hydrogens (tertiary/aromatic N) is 1. The zero-order valence-electron chi connectivity index (χ0n) is 11.3. The van der Waals surface area contributed by atoms with Gasteiger partial charge in [-0.2, -0.15) is 0 Å². The molecule has 5 heteroatoms. The van der Waals surface area contributed by atoms with E-state index in [0.717, 1.165) is 10.2 Å². The maximum absolute atomic E-state index is 11.4. The Balaban J connectivity index is 2.43. The predicted octanol–water partition coefficient (Wildman–Crippen LogP) is 4.62. The van der Waals surface area contributed by atoms with Crippen molar-refractivity contribution in [3.8, 4) is 0 Å². The number of benzene rings is 1. The molecule has 0 aliphatic carbocycles. The Kier molecular flexibility index (Phi) is 4.83. The standard InChI is InChI=1S/C15H16BrNO2S/c1-10(2)17(9-12-4-3-7-20-12)14-8-11(16)5-6-13(14)15(18)19/h3-8,10H,9H2,1-2H3,(H,18,19). The lowest BCUT2D eigenvalue weighted by Crippen LogP contribution is -2.31. The average Bonchev–Trinajstić information content (AvgIpc) is 2.87. The number of anilines is 1. The van der Waals surface area contributed by atoms with Crippen molar-refractivity contribution in [2.75, 3.05) is 4.90 Å². The predicted molar refractivity (Wildman–Crippen MR) is 86.7 cm³/mol. The highest BCUT2D eigenvalue weighted by Crippen LogP contribution is 2.29. The highest BCUT2D eigenvalue weighted by Gasteiger charge is 2.19. The molecule has 1 aromatic heterocycles. The minimum atomic E-state index is -0.899. The molecule has 0 saturated carbocycles. The van der Waals surface area contributed by atoms with Crippen molar-refractivity contribution in [1.82, 2.24) is 0 Å². The van der Waals surface area contributed by atoms with Crippen molar-refractivity contribution in [3.63, 3.8) is 0 Å². The number of carboxylic acid groups (broad SMARTS) is 1. The molecule has 0 radical (unpaired) electrons. The summed E-state index contributed by atoms with van der Waals surface area (Å²) in [6.45, 7) is 4.85. The first-order valence-electron chi connectivity index (χ1n) is 6.31. The van der Waals surface area contributed by atoms with Crippen LogP contribution in [0.5, 0.6) is 0 Å². The second kappa shape index (κ2) is 6.41. The maximum Gasteiger partial charge on any atom is 0.337 e. The number of aromatic carboxylic acids is 1. The summed E-state index contributed by atoms with van der Waals surface area (Å²) in [5, 5.41) is 11.4. The van der Waals surface area contributed by atoms with Crippen LogP contribution in [0.1, 0.15) is 29.1 Å². The van der Waals surface area contributed by atoms with Crippen molar-refractivity contribution < 1.29 is 9.90 Å². The third-order valence-corrected chi connectivity index (χ3v) is 4.38. The van der Waals surface area contributed by atoms with Crippen molar-refractivity contribution >= 4 is 38.9 Å². The lowest BCUT2D eigenvalue weighted by molar-refractivity contribution is 0.0697. The molecule has 0 bridgehead atoms. The van der Waals surface area contributed by atoms with E-state index in [1.165, 1.54) is 4.88 Å². The first-order valence-corrected chi connectivity index (χ1v) is 7.98. The fourth-order valence-corrected chi connectivity index (χ4v) is 3.09.